The maximum Gasteiger partial charge on any atom is 0.356 e. The third-order valence-corrected chi connectivity index (χ3v) is 4.35. The largest absolute Gasteiger partial charge is 0.476 e. The van der Waals surface area contributed by atoms with Crippen LogP contribution in [0.4, 0.5) is 0 Å². The summed E-state index contributed by atoms with van der Waals surface area (Å²) in [5, 5.41) is 10.3. The lowest BCUT2D eigenvalue weighted by Crippen LogP contribution is -2.28. The molecule has 0 atom stereocenters. The number of aromatic nitrogens is 2. The van der Waals surface area contributed by atoms with Crippen LogP contribution in [-0.4, -0.2) is 44.4 Å². The third-order valence-electron chi connectivity index (χ3n) is 4.35. The van der Waals surface area contributed by atoms with Crippen molar-refractivity contribution in [1.29, 1.82) is 0 Å². The van der Waals surface area contributed by atoms with Gasteiger partial charge in [0.25, 0.3) is 5.91 Å². The van der Waals surface area contributed by atoms with Gasteiger partial charge in [-0.25, -0.2) is 9.78 Å². The van der Waals surface area contributed by atoms with E-state index in [1.807, 2.05) is 24.3 Å². The first-order valence-electron chi connectivity index (χ1n) is 7.58. The number of para-hydroxylation sites is 1. The smallest absolute Gasteiger partial charge is 0.356 e. The van der Waals surface area contributed by atoms with Gasteiger partial charge >= 0.3 is 5.97 Å². The van der Waals surface area contributed by atoms with E-state index in [1.54, 1.807) is 15.4 Å². The molecule has 1 aromatic carbocycles. The Kier molecular flexibility index (Phi) is 3.04. The number of hydrogen-bond donors (Lipinski definition) is 1. The Hall–Kier alpha value is -2.89. The van der Waals surface area contributed by atoms with E-state index in [9.17, 15) is 14.7 Å². The minimum Gasteiger partial charge on any atom is -0.476 e. The normalized spacial score (nSPS) is 14.7. The van der Waals surface area contributed by atoms with Gasteiger partial charge < -0.3 is 10.0 Å². The standard InChI is InChI=1S/C17H15N3O3/c21-16(19-7-3-4-8-19)12-9-11-5-1-2-6-13(11)20-10-18-14(15(12)20)17(22)23/h1-2,5-6,9-10H,3-4,7-8H2,(H,22,23). The molecule has 1 fully saturated rings. The first-order chi connectivity index (χ1) is 11.2. The Morgan fingerprint density at radius 2 is 1.87 bits per heavy atom. The number of aromatic carboxylic acids is 1. The SMILES string of the molecule is O=C(O)c1ncn2c1c(C(=O)N1CCCC1)cc1ccccc12. The summed E-state index contributed by atoms with van der Waals surface area (Å²) in [7, 11) is 0. The van der Waals surface area contributed by atoms with Gasteiger partial charge in [0.2, 0.25) is 0 Å². The van der Waals surface area contributed by atoms with Crippen LogP contribution in [0.3, 0.4) is 0 Å². The van der Waals surface area contributed by atoms with Gasteiger partial charge in [-0.1, -0.05) is 18.2 Å². The molecule has 6 heteroatoms. The Morgan fingerprint density at radius 3 is 2.61 bits per heavy atom. The van der Waals surface area contributed by atoms with E-state index in [0.717, 1.165) is 23.7 Å². The van der Waals surface area contributed by atoms with E-state index in [1.165, 1.54) is 6.33 Å². The molecule has 116 valence electrons. The molecule has 1 aliphatic rings. The highest BCUT2D eigenvalue weighted by molar-refractivity contribution is 6.09. The Balaban J connectivity index is 2.04. The van der Waals surface area contributed by atoms with Crippen molar-refractivity contribution in [2.24, 2.45) is 0 Å². The van der Waals surface area contributed by atoms with Crippen molar-refractivity contribution in [3.63, 3.8) is 0 Å². The molecule has 1 amide bonds. The number of benzene rings is 1. The highest BCUT2D eigenvalue weighted by Gasteiger charge is 2.26. The zero-order chi connectivity index (χ0) is 16.0. The molecule has 1 saturated heterocycles. The molecule has 0 unspecified atom stereocenters. The Morgan fingerprint density at radius 1 is 1.13 bits per heavy atom. The molecule has 0 aliphatic carbocycles. The molecule has 0 radical (unpaired) electrons. The summed E-state index contributed by atoms with van der Waals surface area (Å²) >= 11 is 0. The number of hydrogen-bond acceptors (Lipinski definition) is 3. The number of imidazole rings is 1. The van der Waals surface area contributed by atoms with Crippen LogP contribution in [0.15, 0.2) is 36.7 Å². The fourth-order valence-corrected chi connectivity index (χ4v) is 3.25. The molecule has 23 heavy (non-hydrogen) atoms. The van der Waals surface area contributed by atoms with E-state index < -0.39 is 5.97 Å². The molecule has 3 heterocycles. The van der Waals surface area contributed by atoms with Gasteiger partial charge in [0.05, 0.1) is 16.6 Å². The van der Waals surface area contributed by atoms with Gasteiger partial charge in [-0.05, 0) is 30.4 Å². The number of likely N-dealkylation sites (tertiary alicyclic amines) is 1. The van der Waals surface area contributed by atoms with Crippen molar-refractivity contribution in [2.75, 3.05) is 13.1 Å². The number of carboxylic acid groups (broad SMARTS) is 1. The van der Waals surface area contributed by atoms with Crippen molar-refractivity contribution in [2.45, 2.75) is 12.8 Å². The van der Waals surface area contributed by atoms with Crippen LogP contribution < -0.4 is 0 Å². The van der Waals surface area contributed by atoms with E-state index in [0.29, 0.717) is 24.2 Å². The van der Waals surface area contributed by atoms with Crippen LogP contribution in [0, 0.1) is 0 Å². The number of pyridine rings is 1. The molecular weight excluding hydrogens is 294 g/mol. The number of carboxylic acids is 1. The van der Waals surface area contributed by atoms with E-state index >= 15 is 0 Å². The second kappa shape index (κ2) is 5.08. The first-order valence-corrected chi connectivity index (χ1v) is 7.58. The van der Waals surface area contributed by atoms with Crippen LogP contribution in [0.5, 0.6) is 0 Å². The highest BCUT2D eigenvalue weighted by Crippen LogP contribution is 2.26. The molecular formula is C17H15N3O3. The number of rotatable bonds is 2. The van der Waals surface area contributed by atoms with Crippen LogP contribution in [0.1, 0.15) is 33.7 Å². The lowest BCUT2D eigenvalue weighted by Gasteiger charge is -2.17. The summed E-state index contributed by atoms with van der Waals surface area (Å²) in [5.74, 6) is -1.25. The summed E-state index contributed by atoms with van der Waals surface area (Å²) in [6.07, 6.45) is 3.45. The van der Waals surface area contributed by atoms with Gasteiger partial charge in [0, 0.05) is 13.1 Å². The molecule has 3 aromatic rings. The zero-order valence-corrected chi connectivity index (χ0v) is 12.4. The molecule has 0 bridgehead atoms. The van der Waals surface area contributed by atoms with Gasteiger partial charge in [-0.2, -0.15) is 0 Å². The topological polar surface area (TPSA) is 74.9 Å². The average Bonchev–Trinajstić information content (AvgIpc) is 3.23. The van der Waals surface area contributed by atoms with Gasteiger partial charge in [-0.3, -0.25) is 9.20 Å². The molecule has 0 spiro atoms. The number of fused-ring (bicyclic) bond motifs is 3. The Labute approximate surface area is 132 Å². The van der Waals surface area contributed by atoms with E-state index in [4.69, 9.17) is 0 Å². The number of carbonyl (C=O) groups excluding carboxylic acids is 1. The first kappa shape index (κ1) is 13.8. The van der Waals surface area contributed by atoms with Crippen LogP contribution in [0.25, 0.3) is 16.4 Å². The van der Waals surface area contributed by atoms with Crippen molar-refractivity contribution in [3.8, 4) is 0 Å². The van der Waals surface area contributed by atoms with E-state index in [2.05, 4.69) is 4.98 Å². The van der Waals surface area contributed by atoms with Crippen LogP contribution in [0.2, 0.25) is 0 Å². The van der Waals surface area contributed by atoms with Gasteiger partial charge in [0.15, 0.2) is 5.69 Å². The second-order valence-corrected chi connectivity index (χ2v) is 5.73. The number of nitrogens with zero attached hydrogens (tertiary/aromatic N) is 3. The highest BCUT2D eigenvalue weighted by atomic mass is 16.4. The molecule has 0 saturated carbocycles. The van der Waals surface area contributed by atoms with Gasteiger partial charge in [0.1, 0.15) is 6.33 Å². The maximum atomic E-state index is 12.9. The average molecular weight is 309 g/mol. The minimum atomic E-state index is -1.13. The Bertz CT molecular complexity index is 939. The quantitative estimate of drug-likeness (QED) is 0.789. The molecule has 6 nitrogen and oxygen atoms in total. The predicted molar refractivity (Wildman–Crippen MR) is 84.8 cm³/mol. The number of carbonyl (C=O) groups is 2. The fraction of sp³-hybridized carbons (Fsp3) is 0.235. The van der Waals surface area contributed by atoms with Gasteiger partial charge in [-0.15, -0.1) is 0 Å². The predicted octanol–water partition coefficient (Wildman–Crippen LogP) is 2.42. The summed E-state index contributed by atoms with van der Waals surface area (Å²) in [4.78, 5) is 30.2. The minimum absolute atomic E-state index is 0.0849. The summed E-state index contributed by atoms with van der Waals surface area (Å²) in [6, 6.07) is 9.35. The molecule has 1 aliphatic heterocycles. The van der Waals surface area contributed by atoms with Crippen molar-refractivity contribution in [1.82, 2.24) is 14.3 Å². The molecule has 4 rings (SSSR count). The maximum absolute atomic E-state index is 12.9. The fourth-order valence-electron chi connectivity index (χ4n) is 3.25. The van der Waals surface area contributed by atoms with E-state index in [-0.39, 0.29) is 11.6 Å². The summed E-state index contributed by atoms with van der Waals surface area (Å²) < 4.78 is 1.70. The molecule has 1 N–H and O–H groups in total. The molecule has 2 aromatic heterocycles. The zero-order valence-electron chi connectivity index (χ0n) is 12.4. The summed E-state index contributed by atoms with van der Waals surface area (Å²) in [6.45, 7) is 1.43. The van der Waals surface area contributed by atoms with Crippen LogP contribution >= 0.6 is 0 Å². The number of amides is 1. The lowest BCUT2D eigenvalue weighted by molar-refractivity contribution is 0.0693. The summed E-state index contributed by atoms with van der Waals surface area (Å²) in [5.41, 5.74) is 1.52. The second-order valence-electron chi connectivity index (χ2n) is 5.73. The lowest BCUT2D eigenvalue weighted by atomic mass is 10.1. The van der Waals surface area contributed by atoms with Crippen molar-refractivity contribution in [3.05, 3.63) is 47.9 Å². The van der Waals surface area contributed by atoms with Crippen LogP contribution in [-0.2, 0) is 0 Å². The van der Waals surface area contributed by atoms with Crippen molar-refractivity contribution < 1.29 is 14.7 Å². The van der Waals surface area contributed by atoms with Crippen molar-refractivity contribution >= 4 is 28.3 Å². The monoisotopic (exact) mass is 309 g/mol. The third kappa shape index (κ3) is 2.06.